The highest BCUT2D eigenvalue weighted by atomic mass is 19.1. The van der Waals surface area contributed by atoms with E-state index in [4.69, 9.17) is 4.74 Å². The van der Waals surface area contributed by atoms with Gasteiger partial charge in [-0.05, 0) is 76.0 Å². The molecule has 0 saturated carbocycles. The molecule has 0 spiro atoms. The van der Waals surface area contributed by atoms with Crippen LogP contribution >= 0.6 is 0 Å². The van der Waals surface area contributed by atoms with Gasteiger partial charge in [0.05, 0.1) is 12.6 Å². The number of likely N-dealkylation sites (tertiary alicyclic amines) is 1. The number of rotatable bonds is 4. The van der Waals surface area contributed by atoms with Crippen LogP contribution in [-0.4, -0.2) is 43.4 Å². The van der Waals surface area contributed by atoms with Crippen LogP contribution in [0.2, 0.25) is 0 Å². The van der Waals surface area contributed by atoms with Crippen molar-refractivity contribution in [3.63, 3.8) is 0 Å². The number of hydrogen-bond donors (Lipinski definition) is 0. The summed E-state index contributed by atoms with van der Waals surface area (Å²) in [5.41, 5.74) is 2.45. The van der Waals surface area contributed by atoms with Gasteiger partial charge in [-0.3, -0.25) is 4.99 Å². The molecule has 1 aromatic rings. The van der Waals surface area contributed by atoms with Gasteiger partial charge in [-0.2, -0.15) is 0 Å². The van der Waals surface area contributed by atoms with Crippen molar-refractivity contribution in [2.45, 2.75) is 39.2 Å². The van der Waals surface area contributed by atoms with E-state index in [-0.39, 0.29) is 11.8 Å². The molecule has 3 nitrogen and oxygen atoms in total. The van der Waals surface area contributed by atoms with Crippen LogP contribution in [0.25, 0.3) is 5.57 Å². The molecule has 0 N–H and O–H groups in total. The zero-order valence-corrected chi connectivity index (χ0v) is 15.2. The first kappa shape index (κ1) is 18.1. The Morgan fingerprint density at radius 1 is 1.20 bits per heavy atom. The summed E-state index contributed by atoms with van der Waals surface area (Å²) in [7, 11) is 2.08. The van der Waals surface area contributed by atoms with E-state index in [1.165, 1.54) is 12.1 Å². The summed E-state index contributed by atoms with van der Waals surface area (Å²) in [4.78, 5) is 6.75. The fourth-order valence-electron chi connectivity index (χ4n) is 3.53. The van der Waals surface area contributed by atoms with Crippen LogP contribution in [0.3, 0.4) is 0 Å². The van der Waals surface area contributed by atoms with E-state index >= 15 is 0 Å². The lowest BCUT2D eigenvalue weighted by atomic mass is 9.95. The van der Waals surface area contributed by atoms with E-state index in [0.717, 1.165) is 43.6 Å². The van der Waals surface area contributed by atoms with Crippen LogP contribution in [0.1, 0.15) is 38.7 Å². The number of aliphatic imine (C=N–C) groups is 1. The third-order valence-electron chi connectivity index (χ3n) is 5.11. The van der Waals surface area contributed by atoms with Gasteiger partial charge in [-0.1, -0.05) is 6.08 Å². The standard InChI is InChI=1S/C20H26F2N2O/c1-13-4-5-17(14(2)23-13)16-10-18(21)20(19(22)11-16)25-12-15-6-8-24(3)9-7-15/h5,10-11,14-15H,4,6-9,12H2,1-3H3. The van der Waals surface area contributed by atoms with E-state index in [1.54, 1.807) is 0 Å². The van der Waals surface area contributed by atoms with Gasteiger partial charge in [0.25, 0.3) is 0 Å². The van der Waals surface area contributed by atoms with Crippen molar-refractivity contribution in [1.29, 1.82) is 0 Å². The summed E-state index contributed by atoms with van der Waals surface area (Å²) in [5.74, 6) is -1.18. The van der Waals surface area contributed by atoms with Gasteiger partial charge in [0.2, 0.25) is 0 Å². The first-order chi connectivity index (χ1) is 11.9. The Balaban J connectivity index is 1.70. The Morgan fingerprint density at radius 2 is 1.84 bits per heavy atom. The van der Waals surface area contributed by atoms with Crippen LogP contribution < -0.4 is 4.74 Å². The minimum absolute atomic E-state index is 0.0847. The number of benzene rings is 1. The molecule has 0 radical (unpaired) electrons. The largest absolute Gasteiger partial charge is 0.487 e. The summed E-state index contributed by atoms with van der Waals surface area (Å²) in [6.45, 7) is 6.27. The van der Waals surface area contributed by atoms with Gasteiger partial charge in [-0.25, -0.2) is 8.78 Å². The van der Waals surface area contributed by atoms with Gasteiger partial charge in [0, 0.05) is 12.1 Å². The van der Waals surface area contributed by atoms with Crippen LogP contribution in [-0.2, 0) is 0 Å². The van der Waals surface area contributed by atoms with Gasteiger partial charge in [-0.15, -0.1) is 0 Å². The number of allylic oxidation sites excluding steroid dienone is 1. The molecular formula is C20H26F2N2O. The monoisotopic (exact) mass is 348 g/mol. The minimum Gasteiger partial charge on any atom is -0.487 e. The topological polar surface area (TPSA) is 24.8 Å². The predicted molar refractivity (Wildman–Crippen MR) is 97.2 cm³/mol. The Labute approximate surface area is 148 Å². The molecule has 25 heavy (non-hydrogen) atoms. The third-order valence-corrected chi connectivity index (χ3v) is 5.11. The van der Waals surface area contributed by atoms with Crippen molar-refractivity contribution >= 4 is 11.3 Å². The number of ether oxygens (including phenoxy) is 1. The van der Waals surface area contributed by atoms with Crippen molar-refractivity contribution in [1.82, 2.24) is 4.90 Å². The molecule has 0 aromatic heterocycles. The highest BCUT2D eigenvalue weighted by Gasteiger charge is 2.22. The number of dihydropyridines is 1. The molecule has 0 amide bonds. The molecule has 1 fully saturated rings. The minimum atomic E-state index is -0.637. The van der Waals surface area contributed by atoms with E-state index < -0.39 is 11.6 Å². The summed E-state index contributed by atoms with van der Waals surface area (Å²) in [6, 6.07) is 2.65. The lowest BCUT2D eigenvalue weighted by molar-refractivity contribution is 0.153. The molecule has 5 heteroatoms. The van der Waals surface area contributed by atoms with Crippen LogP contribution in [0.15, 0.2) is 23.2 Å². The summed E-state index contributed by atoms with van der Waals surface area (Å²) >= 11 is 0. The fraction of sp³-hybridized carbons (Fsp3) is 0.550. The molecule has 3 rings (SSSR count). The molecule has 1 atom stereocenters. The molecule has 2 aliphatic rings. The second kappa shape index (κ2) is 7.65. The lowest BCUT2D eigenvalue weighted by Crippen LogP contribution is -2.32. The molecular weight excluding hydrogens is 322 g/mol. The summed E-state index contributed by atoms with van der Waals surface area (Å²) in [6.07, 6.45) is 4.72. The Kier molecular flexibility index (Phi) is 5.52. The Bertz CT molecular complexity index is 668. The molecule has 2 heterocycles. The van der Waals surface area contributed by atoms with E-state index in [1.807, 2.05) is 19.9 Å². The second-order valence-electron chi connectivity index (χ2n) is 7.23. The molecule has 2 aliphatic heterocycles. The van der Waals surface area contributed by atoms with Crippen molar-refractivity contribution < 1.29 is 13.5 Å². The van der Waals surface area contributed by atoms with Crippen molar-refractivity contribution in [2.24, 2.45) is 10.9 Å². The van der Waals surface area contributed by atoms with Crippen LogP contribution in [0.4, 0.5) is 8.78 Å². The summed E-state index contributed by atoms with van der Waals surface area (Å²) < 4.78 is 34.4. The third kappa shape index (κ3) is 4.27. The van der Waals surface area contributed by atoms with Gasteiger partial charge < -0.3 is 9.64 Å². The van der Waals surface area contributed by atoms with Gasteiger partial charge in [0.1, 0.15) is 0 Å². The van der Waals surface area contributed by atoms with E-state index in [2.05, 4.69) is 16.9 Å². The smallest absolute Gasteiger partial charge is 0.190 e. The SMILES string of the molecule is CC1=NC(C)C(c2cc(F)c(OCC3CCN(C)CC3)c(F)c2)=CC1. The number of nitrogens with zero attached hydrogens (tertiary/aromatic N) is 2. The highest BCUT2D eigenvalue weighted by Crippen LogP contribution is 2.31. The average Bonchev–Trinajstić information content (AvgIpc) is 2.55. The van der Waals surface area contributed by atoms with Crippen LogP contribution in [0.5, 0.6) is 5.75 Å². The quantitative estimate of drug-likeness (QED) is 0.809. The fourth-order valence-corrected chi connectivity index (χ4v) is 3.53. The molecule has 1 aromatic carbocycles. The maximum atomic E-state index is 14.4. The number of hydrogen-bond acceptors (Lipinski definition) is 3. The highest BCUT2D eigenvalue weighted by molar-refractivity contribution is 5.89. The number of halogens is 2. The van der Waals surface area contributed by atoms with Gasteiger partial charge >= 0.3 is 0 Å². The first-order valence-electron chi connectivity index (χ1n) is 8.98. The zero-order valence-electron chi connectivity index (χ0n) is 15.2. The molecule has 0 bridgehead atoms. The van der Waals surface area contributed by atoms with Crippen molar-refractivity contribution in [3.05, 3.63) is 35.4 Å². The van der Waals surface area contributed by atoms with Crippen LogP contribution in [0, 0.1) is 17.6 Å². The van der Waals surface area contributed by atoms with E-state index in [9.17, 15) is 8.78 Å². The summed E-state index contributed by atoms with van der Waals surface area (Å²) in [5, 5.41) is 0. The molecule has 1 saturated heterocycles. The predicted octanol–water partition coefficient (Wildman–Crippen LogP) is 4.32. The lowest BCUT2D eigenvalue weighted by Gasteiger charge is -2.28. The maximum absolute atomic E-state index is 14.4. The molecule has 136 valence electrons. The first-order valence-corrected chi connectivity index (χ1v) is 8.98. The zero-order chi connectivity index (χ0) is 18.0. The van der Waals surface area contributed by atoms with Crippen molar-refractivity contribution in [3.8, 4) is 5.75 Å². The van der Waals surface area contributed by atoms with E-state index in [0.29, 0.717) is 18.1 Å². The average molecular weight is 348 g/mol. The Morgan fingerprint density at radius 3 is 2.44 bits per heavy atom. The van der Waals surface area contributed by atoms with Crippen molar-refractivity contribution in [2.75, 3.05) is 26.7 Å². The second-order valence-corrected chi connectivity index (χ2v) is 7.23. The van der Waals surface area contributed by atoms with Gasteiger partial charge in [0.15, 0.2) is 17.4 Å². The normalized spacial score (nSPS) is 22.5. The maximum Gasteiger partial charge on any atom is 0.190 e. The Hall–Kier alpha value is -1.75. The molecule has 0 aliphatic carbocycles. The number of piperidine rings is 1. The molecule has 1 unspecified atom stereocenters.